The summed E-state index contributed by atoms with van der Waals surface area (Å²) in [5.41, 5.74) is 3.29. The van der Waals surface area contributed by atoms with Gasteiger partial charge in [-0.2, -0.15) is 4.98 Å². The Bertz CT molecular complexity index is 791. The summed E-state index contributed by atoms with van der Waals surface area (Å²) in [5.74, 6) is 0. The second-order valence-electron chi connectivity index (χ2n) is 5.85. The molecule has 4 nitrogen and oxygen atoms in total. The van der Waals surface area contributed by atoms with Gasteiger partial charge in [0.15, 0.2) is 0 Å². The lowest BCUT2D eigenvalue weighted by atomic mass is 9.95. The maximum Gasteiger partial charge on any atom is 0.224 e. The number of hydrogen-bond donors (Lipinski definition) is 0. The molecule has 0 spiro atoms. The molecule has 0 aliphatic heterocycles. The number of halogens is 1. The standard InChI is InChI=1S/C17H17ClN4/c18-17-20-11-13-10-15(12-6-8-19-9-7-12)22(16(13)21-17)14-4-2-1-3-5-14/h6-11,14H,1-5H2. The predicted molar refractivity (Wildman–Crippen MR) is 87.9 cm³/mol. The first-order chi connectivity index (χ1) is 10.8. The average molecular weight is 313 g/mol. The van der Waals surface area contributed by atoms with Gasteiger partial charge in [-0.15, -0.1) is 0 Å². The molecule has 4 rings (SSSR count). The fourth-order valence-electron chi connectivity index (χ4n) is 3.44. The summed E-state index contributed by atoms with van der Waals surface area (Å²) in [7, 11) is 0. The van der Waals surface area contributed by atoms with Gasteiger partial charge < -0.3 is 4.57 Å². The maximum atomic E-state index is 6.04. The third kappa shape index (κ3) is 2.37. The van der Waals surface area contributed by atoms with Crippen molar-refractivity contribution < 1.29 is 0 Å². The summed E-state index contributed by atoms with van der Waals surface area (Å²) in [4.78, 5) is 12.8. The van der Waals surface area contributed by atoms with Crippen LogP contribution < -0.4 is 0 Å². The molecule has 0 atom stereocenters. The van der Waals surface area contributed by atoms with E-state index in [0.29, 0.717) is 11.3 Å². The van der Waals surface area contributed by atoms with Crippen LogP contribution in [0.1, 0.15) is 38.1 Å². The van der Waals surface area contributed by atoms with Crippen LogP contribution in [0.2, 0.25) is 5.28 Å². The van der Waals surface area contributed by atoms with E-state index in [9.17, 15) is 0 Å². The molecule has 3 heterocycles. The number of hydrogen-bond acceptors (Lipinski definition) is 3. The smallest absolute Gasteiger partial charge is 0.224 e. The molecule has 112 valence electrons. The summed E-state index contributed by atoms with van der Waals surface area (Å²) < 4.78 is 2.36. The average Bonchev–Trinajstić information content (AvgIpc) is 2.95. The molecule has 0 saturated heterocycles. The lowest BCUT2D eigenvalue weighted by Gasteiger charge is -2.26. The van der Waals surface area contributed by atoms with Crippen molar-refractivity contribution in [3.05, 3.63) is 42.1 Å². The Morgan fingerprint density at radius 3 is 2.64 bits per heavy atom. The quantitative estimate of drug-likeness (QED) is 0.647. The minimum Gasteiger partial charge on any atom is -0.322 e. The second kappa shape index (κ2) is 5.69. The lowest BCUT2D eigenvalue weighted by molar-refractivity contribution is 0.362. The summed E-state index contributed by atoms with van der Waals surface area (Å²) in [6, 6.07) is 6.74. The third-order valence-electron chi connectivity index (χ3n) is 4.46. The van der Waals surface area contributed by atoms with Crippen molar-refractivity contribution in [1.29, 1.82) is 0 Å². The Morgan fingerprint density at radius 1 is 1.09 bits per heavy atom. The largest absolute Gasteiger partial charge is 0.322 e. The van der Waals surface area contributed by atoms with E-state index >= 15 is 0 Å². The van der Waals surface area contributed by atoms with Gasteiger partial charge in [0.1, 0.15) is 5.65 Å². The zero-order valence-electron chi connectivity index (χ0n) is 12.2. The van der Waals surface area contributed by atoms with E-state index in [0.717, 1.165) is 16.6 Å². The van der Waals surface area contributed by atoms with Crippen LogP contribution in [-0.2, 0) is 0 Å². The number of rotatable bonds is 2. The lowest BCUT2D eigenvalue weighted by Crippen LogP contribution is -2.14. The number of nitrogens with zero attached hydrogens (tertiary/aromatic N) is 4. The number of pyridine rings is 1. The van der Waals surface area contributed by atoms with Crippen molar-refractivity contribution in [1.82, 2.24) is 19.5 Å². The molecule has 0 unspecified atom stereocenters. The van der Waals surface area contributed by atoms with Crippen molar-refractivity contribution in [2.45, 2.75) is 38.1 Å². The molecule has 1 saturated carbocycles. The third-order valence-corrected chi connectivity index (χ3v) is 4.64. The van der Waals surface area contributed by atoms with Crippen LogP contribution in [0, 0.1) is 0 Å². The minimum absolute atomic E-state index is 0.309. The molecule has 0 aromatic carbocycles. The van der Waals surface area contributed by atoms with Gasteiger partial charge >= 0.3 is 0 Å². The van der Waals surface area contributed by atoms with Gasteiger partial charge in [0.25, 0.3) is 0 Å². The molecular weight excluding hydrogens is 296 g/mol. The van der Waals surface area contributed by atoms with Crippen LogP contribution in [0.25, 0.3) is 22.3 Å². The molecule has 0 N–H and O–H groups in total. The van der Waals surface area contributed by atoms with Gasteiger partial charge in [-0.25, -0.2) is 4.98 Å². The summed E-state index contributed by atoms with van der Waals surface area (Å²) in [6.07, 6.45) is 11.8. The van der Waals surface area contributed by atoms with Gasteiger partial charge in [0.05, 0.1) is 5.69 Å². The molecule has 0 radical (unpaired) electrons. The predicted octanol–water partition coefficient (Wildman–Crippen LogP) is 4.65. The van der Waals surface area contributed by atoms with Crippen molar-refractivity contribution >= 4 is 22.6 Å². The van der Waals surface area contributed by atoms with Crippen LogP contribution in [-0.4, -0.2) is 19.5 Å². The second-order valence-corrected chi connectivity index (χ2v) is 6.18. The van der Waals surface area contributed by atoms with Gasteiger partial charge in [-0.1, -0.05) is 19.3 Å². The molecule has 1 aliphatic rings. The van der Waals surface area contributed by atoms with E-state index in [2.05, 4.69) is 25.6 Å². The molecule has 22 heavy (non-hydrogen) atoms. The van der Waals surface area contributed by atoms with E-state index in [1.54, 1.807) is 0 Å². The highest BCUT2D eigenvalue weighted by atomic mass is 35.5. The van der Waals surface area contributed by atoms with Gasteiger partial charge in [-0.05, 0) is 42.6 Å². The fourth-order valence-corrected chi connectivity index (χ4v) is 3.57. The number of fused-ring (bicyclic) bond motifs is 1. The molecule has 0 bridgehead atoms. The highest BCUT2D eigenvalue weighted by molar-refractivity contribution is 6.28. The Balaban J connectivity index is 1.94. The van der Waals surface area contributed by atoms with E-state index < -0.39 is 0 Å². The first-order valence-electron chi connectivity index (χ1n) is 7.77. The van der Waals surface area contributed by atoms with Gasteiger partial charge in [-0.3, -0.25) is 4.98 Å². The van der Waals surface area contributed by atoms with E-state index in [1.807, 2.05) is 30.7 Å². The van der Waals surface area contributed by atoms with Crippen molar-refractivity contribution in [2.24, 2.45) is 0 Å². The molecule has 5 heteroatoms. The van der Waals surface area contributed by atoms with Gasteiger partial charge in [0, 0.05) is 35.6 Å². The van der Waals surface area contributed by atoms with E-state index in [-0.39, 0.29) is 0 Å². The normalized spacial score (nSPS) is 16.2. The molecule has 3 aromatic heterocycles. The fraction of sp³-hybridized carbons (Fsp3) is 0.353. The summed E-state index contributed by atoms with van der Waals surface area (Å²) in [5, 5.41) is 1.35. The van der Waals surface area contributed by atoms with Crippen molar-refractivity contribution in [2.75, 3.05) is 0 Å². The van der Waals surface area contributed by atoms with Crippen molar-refractivity contribution in [3.8, 4) is 11.3 Å². The Morgan fingerprint density at radius 2 is 1.86 bits per heavy atom. The highest BCUT2D eigenvalue weighted by Crippen LogP contribution is 2.36. The topological polar surface area (TPSA) is 43.6 Å². The first kappa shape index (κ1) is 13.7. The summed E-state index contributed by atoms with van der Waals surface area (Å²) >= 11 is 6.04. The zero-order chi connectivity index (χ0) is 14.9. The van der Waals surface area contributed by atoms with E-state index in [4.69, 9.17) is 11.6 Å². The Kier molecular flexibility index (Phi) is 3.54. The van der Waals surface area contributed by atoms with Crippen LogP contribution >= 0.6 is 11.6 Å². The molecule has 0 amide bonds. The van der Waals surface area contributed by atoms with E-state index in [1.165, 1.54) is 37.8 Å². The van der Waals surface area contributed by atoms with Crippen LogP contribution in [0.15, 0.2) is 36.8 Å². The van der Waals surface area contributed by atoms with Crippen LogP contribution in [0.5, 0.6) is 0 Å². The number of aromatic nitrogens is 4. The Hall–Kier alpha value is -1.94. The molecular formula is C17H17ClN4. The zero-order valence-corrected chi connectivity index (χ0v) is 13.0. The summed E-state index contributed by atoms with van der Waals surface area (Å²) in [6.45, 7) is 0. The Labute approximate surface area is 134 Å². The monoisotopic (exact) mass is 312 g/mol. The SMILES string of the molecule is Clc1ncc2cc(-c3ccncc3)n(C3CCCCC3)c2n1. The minimum atomic E-state index is 0.309. The van der Waals surface area contributed by atoms with Crippen LogP contribution in [0.3, 0.4) is 0 Å². The van der Waals surface area contributed by atoms with Crippen LogP contribution in [0.4, 0.5) is 0 Å². The molecule has 1 fully saturated rings. The van der Waals surface area contributed by atoms with Gasteiger partial charge in [0.2, 0.25) is 5.28 Å². The highest BCUT2D eigenvalue weighted by Gasteiger charge is 2.22. The maximum absolute atomic E-state index is 6.04. The molecule has 3 aromatic rings. The molecule has 1 aliphatic carbocycles. The van der Waals surface area contributed by atoms with Crippen molar-refractivity contribution in [3.63, 3.8) is 0 Å². The first-order valence-corrected chi connectivity index (χ1v) is 8.14.